The maximum atomic E-state index is 12.3. The summed E-state index contributed by atoms with van der Waals surface area (Å²) in [5.74, 6) is -0.330. The molecule has 0 saturated carbocycles. The molecule has 0 aliphatic carbocycles. The van der Waals surface area contributed by atoms with Gasteiger partial charge in [0.15, 0.2) is 0 Å². The number of nitrogens with two attached hydrogens (primary N) is 1. The molecule has 20 heavy (non-hydrogen) atoms. The SMILES string of the molecule is NCC(=O)Nc1ccc(S(=O)(=O)c2ccccc2)cc1. The molecule has 0 radical (unpaired) electrons. The summed E-state index contributed by atoms with van der Waals surface area (Å²) in [6.07, 6.45) is 0. The van der Waals surface area contributed by atoms with Gasteiger partial charge in [-0.05, 0) is 36.4 Å². The van der Waals surface area contributed by atoms with Crippen LogP contribution in [0.4, 0.5) is 5.69 Å². The second-order valence-corrected chi connectivity index (χ2v) is 6.04. The van der Waals surface area contributed by atoms with Crippen molar-refractivity contribution < 1.29 is 13.2 Å². The molecule has 2 rings (SSSR count). The molecule has 3 N–H and O–H groups in total. The summed E-state index contributed by atoms with van der Waals surface area (Å²) >= 11 is 0. The van der Waals surface area contributed by atoms with Crippen molar-refractivity contribution in [1.29, 1.82) is 0 Å². The van der Waals surface area contributed by atoms with Crippen molar-refractivity contribution in [1.82, 2.24) is 0 Å². The highest BCUT2D eigenvalue weighted by molar-refractivity contribution is 7.91. The molecule has 0 aliphatic heterocycles. The predicted octanol–water partition coefficient (Wildman–Crippen LogP) is 1.42. The summed E-state index contributed by atoms with van der Waals surface area (Å²) in [7, 11) is -3.53. The summed E-state index contributed by atoms with van der Waals surface area (Å²) in [6.45, 7) is -0.121. The average Bonchev–Trinajstić information content (AvgIpc) is 2.48. The molecule has 1 amide bonds. The standard InChI is InChI=1S/C14H14N2O3S/c15-10-14(17)16-11-6-8-13(9-7-11)20(18,19)12-4-2-1-3-5-12/h1-9H,10,15H2,(H,16,17). The van der Waals surface area contributed by atoms with E-state index in [1.807, 2.05) is 0 Å². The van der Waals surface area contributed by atoms with Crippen molar-refractivity contribution in [3.8, 4) is 0 Å². The van der Waals surface area contributed by atoms with Gasteiger partial charge in [-0.25, -0.2) is 8.42 Å². The van der Waals surface area contributed by atoms with Crippen LogP contribution >= 0.6 is 0 Å². The molecule has 0 saturated heterocycles. The number of sulfone groups is 1. The number of anilines is 1. The lowest BCUT2D eigenvalue weighted by atomic mass is 10.3. The van der Waals surface area contributed by atoms with Crippen molar-refractivity contribution in [3.05, 3.63) is 54.6 Å². The van der Waals surface area contributed by atoms with E-state index < -0.39 is 9.84 Å². The highest BCUT2D eigenvalue weighted by Gasteiger charge is 2.16. The molecule has 0 heterocycles. The van der Waals surface area contributed by atoms with E-state index in [4.69, 9.17) is 5.73 Å². The summed E-state index contributed by atoms with van der Waals surface area (Å²) in [4.78, 5) is 11.5. The summed E-state index contributed by atoms with van der Waals surface area (Å²) in [6, 6.07) is 14.1. The van der Waals surface area contributed by atoms with Crippen LogP contribution in [0.1, 0.15) is 0 Å². The molecule has 2 aromatic rings. The van der Waals surface area contributed by atoms with E-state index in [0.717, 1.165) is 0 Å². The molecule has 0 aliphatic rings. The Morgan fingerprint density at radius 3 is 2.05 bits per heavy atom. The second-order valence-electron chi connectivity index (χ2n) is 4.09. The largest absolute Gasteiger partial charge is 0.325 e. The molecule has 0 atom stereocenters. The molecule has 0 unspecified atom stereocenters. The number of nitrogens with one attached hydrogen (secondary N) is 1. The van der Waals surface area contributed by atoms with Crippen LogP contribution in [0.2, 0.25) is 0 Å². The number of hydrogen-bond donors (Lipinski definition) is 2. The van der Waals surface area contributed by atoms with Gasteiger partial charge in [0.2, 0.25) is 15.7 Å². The van der Waals surface area contributed by atoms with Gasteiger partial charge < -0.3 is 11.1 Å². The zero-order chi connectivity index (χ0) is 14.6. The van der Waals surface area contributed by atoms with Crippen LogP contribution < -0.4 is 11.1 Å². The third kappa shape index (κ3) is 3.04. The normalized spacial score (nSPS) is 11.1. The summed E-state index contributed by atoms with van der Waals surface area (Å²) in [5.41, 5.74) is 5.69. The van der Waals surface area contributed by atoms with Gasteiger partial charge in [0, 0.05) is 5.69 Å². The van der Waals surface area contributed by atoms with Gasteiger partial charge in [-0.2, -0.15) is 0 Å². The van der Waals surface area contributed by atoms with Crippen LogP contribution in [-0.2, 0) is 14.6 Å². The van der Waals surface area contributed by atoms with Gasteiger partial charge in [0.1, 0.15) is 0 Å². The van der Waals surface area contributed by atoms with Crippen molar-refractivity contribution >= 4 is 21.4 Å². The van der Waals surface area contributed by atoms with Crippen molar-refractivity contribution in [3.63, 3.8) is 0 Å². The number of carbonyl (C=O) groups is 1. The van der Waals surface area contributed by atoms with Gasteiger partial charge in [-0.3, -0.25) is 4.79 Å². The van der Waals surface area contributed by atoms with Crippen LogP contribution in [0.3, 0.4) is 0 Å². The van der Waals surface area contributed by atoms with Gasteiger partial charge in [-0.15, -0.1) is 0 Å². The van der Waals surface area contributed by atoms with Crippen molar-refractivity contribution in [2.24, 2.45) is 5.73 Å². The molecule has 0 bridgehead atoms. The zero-order valence-electron chi connectivity index (χ0n) is 10.6. The first-order chi connectivity index (χ1) is 9.54. The number of amides is 1. The van der Waals surface area contributed by atoms with Gasteiger partial charge in [0.25, 0.3) is 0 Å². The lowest BCUT2D eigenvalue weighted by Gasteiger charge is -2.07. The highest BCUT2D eigenvalue weighted by Crippen LogP contribution is 2.21. The summed E-state index contributed by atoms with van der Waals surface area (Å²) < 4.78 is 24.6. The van der Waals surface area contributed by atoms with E-state index in [9.17, 15) is 13.2 Å². The smallest absolute Gasteiger partial charge is 0.238 e. The van der Waals surface area contributed by atoms with Crippen molar-refractivity contribution in [2.75, 3.05) is 11.9 Å². The van der Waals surface area contributed by atoms with Crippen LogP contribution in [0, 0.1) is 0 Å². The van der Waals surface area contributed by atoms with E-state index >= 15 is 0 Å². The first-order valence-electron chi connectivity index (χ1n) is 5.94. The quantitative estimate of drug-likeness (QED) is 0.891. The molecular weight excluding hydrogens is 276 g/mol. The number of hydrogen-bond acceptors (Lipinski definition) is 4. The molecule has 0 fully saturated rings. The minimum absolute atomic E-state index is 0.121. The molecule has 104 valence electrons. The maximum Gasteiger partial charge on any atom is 0.238 e. The lowest BCUT2D eigenvalue weighted by molar-refractivity contribution is -0.114. The van der Waals surface area contributed by atoms with Gasteiger partial charge >= 0.3 is 0 Å². The Morgan fingerprint density at radius 2 is 1.50 bits per heavy atom. The van der Waals surface area contributed by atoms with E-state index in [2.05, 4.69) is 5.32 Å². The fraction of sp³-hybridized carbons (Fsp3) is 0.0714. The van der Waals surface area contributed by atoms with Gasteiger partial charge in [0.05, 0.1) is 16.3 Å². The molecule has 2 aromatic carbocycles. The number of rotatable bonds is 4. The van der Waals surface area contributed by atoms with Crippen LogP contribution in [-0.4, -0.2) is 20.9 Å². The zero-order valence-corrected chi connectivity index (χ0v) is 11.4. The summed E-state index contributed by atoms with van der Waals surface area (Å²) in [5, 5.41) is 2.55. The Labute approximate surface area is 117 Å². The maximum absolute atomic E-state index is 12.3. The molecule has 6 heteroatoms. The van der Waals surface area contributed by atoms with Crippen molar-refractivity contribution in [2.45, 2.75) is 9.79 Å². The Kier molecular flexibility index (Phi) is 4.16. The highest BCUT2D eigenvalue weighted by atomic mass is 32.2. The Balaban J connectivity index is 2.28. The number of benzene rings is 2. The second kappa shape index (κ2) is 5.85. The monoisotopic (exact) mass is 290 g/mol. The molecule has 0 aromatic heterocycles. The van der Waals surface area contributed by atoms with E-state index in [1.54, 1.807) is 30.3 Å². The first-order valence-corrected chi connectivity index (χ1v) is 7.42. The van der Waals surface area contributed by atoms with E-state index in [0.29, 0.717) is 5.69 Å². The van der Waals surface area contributed by atoms with Crippen LogP contribution in [0.5, 0.6) is 0 Å². The fourth-order valence-electron chi connectivity index (χ4n) is 1.67. The Morgan fingerprint density at radius 1 is 0.950 bits per heavy atom. The van der Waals surface area contributed by atoms with Crippen LogP contribution in [0.25, 0.3) is 0 Å². The van der Waals surface area contributed by atoms with Crippen LogP contribution in [0.15, 0.2) is 64.4 Å². The van der Waals surface area contributed by atoms with Gasteiger partial charge in [-0.1, -0.05) is 18.2 Å². The third-order valence-electron chi connectivity index (χ3n) is 2.69. The third-order valence-corrected chi connectivity index (χ3v) is 4.47. The Hall–Kier alpha value is -2.18. The lowest BCUT2D eigenvalue weighted by Crippen LogP contribution is -2.21. The topological polar surface area (TPSA) is 89.3 Å². The Bertz CT molecular complexity index is 695. The fourth-order valence-corrected chi connectivity index (χ4v) is 2.95. The van der Waals surface area contributed by atoms with E-state index in [-0.39, 0.29) is 22.2 Å². The molecule has 0 spiro atoms. The minimum atomic E-state index is -3.53. The first kappa shape index (κ1) is 14.2. The number of carbonyl (C=O) groups excluding carboxylic acids is 1. The molecular formula is C14H14N2O3S. The average molecular weight is 290 g/mol. The molecule has 5 nitrogen and oxygen atoms in total. The predicted molar refractivity (Wildman–Crippen MR) is 76.0 cm³/mol. The van der Waals surface area contributed by atoms with E-state index in [1.165, 1.54) is 24.3 Å². The minimum Gasteiger partial charge on any atom is -0.325 e.